The van der Waals surface area contributed by atoms with E-state index in [0.717, 1.165) is 22.0 Å². The first-order valence-electron chi connectivity index (χ1n) is 5.28. The molecule has 0 heterocycles. The van der Waals surface area contributed by atoms with Crippen molar-refractivity contribution in [3.8, 4) is 0 Å². The van der Waals surface area contributed by atoms with Crippen molar-refractivity contribution in [2.75, 3.05) is 16.8 Å². The minimum atomic E-state index is 0.637. The Morgan fingerprint density at radius 1 is 1.00 bits per heavy atom. The highest BCUT2D eigenvalue weighted by molar-refractivity contribution is 6.30. The van der Waals surface area contributed by atoms with Crippen LogP contribution in [0, 0.1) is 0 Å². The summed E-state index contributed by atoms with van der Waals surface area (Å²) in [6, 6.07) is 13.0. The molecule has 5 N–H and O–H groups in total. The van der Waals surface area contributed by atoms with Crippen molar-refractivity contribution < 1.29 is 0 Å². The second kappa shape index (κ2) is 4.97. The van der Waals surface area contributed by atoms with Crippen molar-refractivity contribution in [3.63, 3.8) is 0 Å². The molecule has 0 aromatic heterocycles. The number of nitrogens with two attached hydrogens (primary N) is 2. The molecular weight excluding hydrogens is 234 g/mol. The number of nitrogens with one attached hydrogen (secondary N) is 1. The molecule has 0 fully saturated rings. The summed E-state index contributed by atoms with van der Waals surface area (Å²) in [5.41, 5.74) is 15.0. The van der Waals surface area contributed by atoms with Crippen LogP contribution in [0.1, 0.15) is 5.56 Å². The smallest absolute Gasteiger partial charge is 0.0421 e. The predicted molar refractivity (Wildman–Crippen MR) is 74.0 cm³/mol. The molecule has 0 aliphatic heterocycles. The highest BCUT2D eigenvalue weighted by atomic mass is 35.5. The second-order valence-corrected chi connectivity index (χ2v) is 4.26. The number of hydrogen-bond acceptors (Lipinski definition) is 3. The second-order valence-electron chi connectivity index (χ2n) is 3.82. The Kier molecular flexibility index (Phi) is 3.40. The van der Waals surface area contributed by atoms with E-state index in [1.165, 1.54) is 0 Å². The van der Waals surface area contributed by atoms with Gasteiger partial charge in [-0.05, 0) is 48.0 Å². The minimum absolute atomic E-state index is 0.637. The average molecular weight is 248 g/mol. The van der Waals surface area contributed by atoms with Gasteiger partial charge in [0.2, 0.25) is 0 Å². The van der Waals surface area contributed by atoms with Gasteiger partial charge in [0.05, 0.1) is 0 Å². The van der Waals surface area contributed by atoms with Gasteiger partial charge in [-0.15, -0.1) is 0 Å². The molecule has 0 saturated heterocycles. The fraction of sp³-hybridized carbons (Fsp3) is 0.0769. The lowest BCUT2D eigenvalue weighted by atomic mass is 10.1. The van der Waals surface area contributed by atoms with Gasteiger partial charge in [0, 0.05) is 28.6 Å². The van der Waals surface area contributed by atoms with Crippen molar-refractivity contribution in [1.82, 2.24) is 0 Å². The molecule has 0 saturated carbocycles. The number of nitrogen functional groups attached to an aromatic ring is 2. The van der Waals surface area contributed by atoms with Crippen LogP contribution in [0.15, 0.2) is 42.5 Å². The van der Waals surface area contributed by atoms with E-state index in [1.807, 2.05) is 36.4 Å². The maximum atomic E-state index is 5.86. The molecule has 17 heavy (non-hydrogen) atoms. The Morgan fingerprint density at radius 3 is 2.41 bits per heavy atom. The molecule has 0 spiro atoms. The van der Waals surface area contributed by atoms with E-state index in [4.69, 9.17) is 23.1 Å². The van der Waals surface area contributed by atoms with Gasteiger partial charge in [0.25, 0.3) is 0 Å². The van der Waals surface area contributed by atoms with Gasteiger partial charge in [0.1, 0.15) is 0 Å². The number of anilines is 3. The van der Waals surface area contributed by atoms with Crippen LogP contribution in [0.3, 0.4) is 0 Å². The first-order valence-corrected chi connectivity index (χ1v) is 5.66. The van der Waals surface area contributed by atoms with Gasteiger partial charge >= 0.3 is 0 Å². The maximum absolute atomic E-state index is 5.86. The minimum Gasteiger partial charge on any atom is -0.399 e. The van der Waals surface area contributed by atoms with Gasteiger partial charge < -0.3 is 16.8 Å². The SMILES string of the molecule is Nc1ccc(N)c(CNc2ccc(Cl)cc2)c1. The molecule has 4 heteroatoms. The van der Waals surface area contributed by atoms with Crippen LogP contribution in [0.25, 0.3) is 0 Å². The van der Waals surface area contributed by atoms with Crippen molar-refractivity contribution in [3.05, 3.63) is 53.1 Å². The zero-order valence-corrected chi connectivity index (χ0v) is 10.0. The van der Waals surface area contributed by atoms with Crippen LogP contribution in [0.4, 0.5) is 17.1 Å². The average Bonchev–Trinajstić information content (AvgIpc) is 2.32. The summed E-state index contributed by atoms with van der Waals surface area (Å²) in [5.74, 6) is 0. The van der Waals surface area contributed by atoms with E-state index in [0.29, 0.717) is 12.2 Å². The Labute approximate surface area is 105 Å². The van der Waals surface area contributed by atoms with E-state index >= 15 is 0 Å². The lowest BCUT2D eigenvalue weighted by Crippen LogP contribution is -2.03. The third-order valence-electron chi connectivity index (χ3n) is 2.49. The fourth-order valence-electron chi connectivity index (χ4n) is 1.54. The standard InChI is InChI=1S/C13H14ClN3/c14-10-1-4-12(5-2-10)17-8-9-7-11(15)3-6-13(9)16/h1-7,17H,8,15-16H2. The number of hydrogen-bond donors (Lipinski definition) is 3. The molecule has 0 radical (unpaired) electrons. The molecule has 0 unspecified atom stereocenters. The van der Waals surface area contributed by atoms with Gasteiger partial charge in [-0.1, -0.05) is 11.6 Å². The van der Waals surface area contributed by atoms with Gasteiger partial charge in [-0.3, -0.25) is 0 Å². The van der Waals surface area contributed by atoms with Crippen LogP contribution in [0.5, 0.6) is 0 Å². The largest absolute Gasteiger partial charge is 0.399 e. The van der Waals surface area contributed by atoms with E-state index in [2.05, 4.69) is 5.32 Å². The third kappa shape index (κ3) is 3.04. The molecule has 88 valence electrons. The molecule has 0 atom stereocenters. The fourth-order valence-corrected chi connectivity index (χ4v) is 1.67. The molecule has 2 aromatic carbocycles. The normalized spacial score (nSPS) is 10.2. The van der Waals surface area contributed by atoms with Gasteiger partial charge in [0.15, 0.2) is 0 Å². The highest BCUT2D eigenvalue weighted by Crippen LogP contribution is 2.18. The quantitative estimate of drug-likeness (QED) is 0.731. The Balaban J connectivity index is 2.07. The first-order chi connectivity index (χ1) is 8.15. The Hall–Kier alpha value is -1.87. The number of rotatable bonds is 3. The lowest BCUT2D eigenvalue weighted by molar-refractivity contribution is 1.15. The summed E-state index contributed by atoms with van der Waals surface area (Å²) in [5, 5.41) is 3.98. The number of halogens is 1. The molecule has 0 aliphatic rings. The van der Waals surface area contributed by atoms with Crippen LogP contribution in [-0.4, -0.2) is 0 Å². The summed E-state index contributed by atoms with van der Waals surface area (Å²) in [7, 11) is 0. The lowest BCUT2D eigenvalue weighted by Gasteiger charge is -2.09. The van der Waals surface area contributed by atoms with Crippen molar-refractivity contribution in [2.24, 2.45) is 0 Å². The zero-order chi connectivity index (χ0) is 12.3. The molecule has 2 rings (SSSR count). The predicted octanol–water partition coefficient (Wildman–Crippen LogP) is 3.12. The van der Waals surface area contributed by atoms with Crippen LogP contribution >= 0.6 is 11.6 Å². The Morgan fingerprint density at radius 2 is 1.71 bits per heavy atom. The molecular formula is C13H14ClN3. The molecule has 0 bridgehead atoms. The van der Waals surface area contributed by atoms with E-state index < -0.39 is 0 Å². The highest BCUT2D eigenvalue weighted by Gasteiger charge is 2.00. The van der Waals surface area contributed by atoms with E-state index in [-0.39, 0.29) is 0 Å². The van der Waals surface area contributed by atoms with Crippen LogP contribution < -0.4 is 16.8 Å². The third-order valence-corrected chi connectivity index (χ3v) is 2.75. The summed E-state index contributed by atoms with van der Waals surface area (Å²) in [6.07, 6.45) is 0. The number of benzene rings is 2. The summed E-state index contributed by atoms with van der Waals surface area (Å²) in [4.78, 5) is 0. The topological polar surface area (TPSA) is 64.1 Å². The van der Waals surface area contributed by atoms with Crippen molar-refractivity contribution in [2.45, 2.75) is 6.54 Å². The summed E-state index contributed by atoms with van der Waals surface area (Å²) >= 11 is 5.81. The monoisotopic (exact) mass is 247 g/mol. The zero-order valence-electron chi connectivity index (χ0n) is 9.28. The van der Waals surface area contributed by atoms with Crippen LogP contribution in [-0.2, 0) is 6.54 Å². The van der Waals surface area contributed by atoms with E-state index in [1.54, 1.807) is 6.07 Å². The molecule has 0 amide bonds. The first kappa shape index (κ1) is 11.6. The molecule has 3 nitrogen and oxygen atoms in total. The maximum Gasteiger partial charge on any atom is 0.0421 e. The summed E-state index contributed by atoms with van der Waals surface area (Å²) in [6.45, 7) is 0.637. The van der Waals surface area contributed by atoms with Crippen LogP contribution in [0.2, 0.25) is 5.02 Å². The Bertz CT molecular complexity index is 509. The van der Waals surface area contributed by atoms with Crippen molar-refractivity contribution >= 4 is 28.7 Å². The van der Waals surface area contributed by atoms with E-state index in [9.17, 15) is 0 Å². The molecule has 0 aliphatic carbocycles. The van der Waals surface area contributed by atoms with Crippen molar-refractivity contribution in [1.29, 1.82) is 0 Å². The molecule has 2 aromatic rings. The van der Waals surface area contributed by atoms with Gasteiger partial charge in [-0.2, -0.15) is 0 Å². The van der Waals surface area contributed by atoms with Gasteiger partial charge in [-0.25, -0.2) is 0 Å². The summed E-state index contributed by atoms with van der Waals surface area (Å²) < 4.78 is 0.